The monoisotopic (exact) mass is 850 g/mol. The van der Waals surface area contributed by atoms with E-state index in [1.165, 1.54) is 12.8 Å². The molecule has 60 heavy (non-hydrogen) atoms. The Balaban J connectivity index is 0.00000230. The molecule has 12 heteroatoms. The van der Waals surface area contributed by atoms with Crippen molar-refractivity contribution >= 4 is 23.2 Å². The van der Waals surface area contributed by atoms with Crippen LogP contribution in [0.3, 0.4) is 0 Å². The van der Waals surface area contributed by atoms with Gasteiger partial charge in [-0.3, -0.25) is 14.5 Å². The first-order valence-electron chi connectivity index (χ1n) is 22.8. The number of nitrogens with one attached hydrogen (secondary N) is 5. The minimum Gasteiger partial charge on any atom is -0.388 e. The lowest BCUT2D eigenvalue weighted by Crippen LogP contribution is -2.53. The molecule has 10 nitrogen and oxygen atoms in total. The summed E-state index contributed by atoms with van der Waals surface area (Å²) in [5, 5.41) is 26.2. The predicted molar refractivity (Wildman–Crippen MR) is 249 cm³/mol. The Morgan fingerprint density at radius 1 is 1.07 bits per heavy atom. The summed E-state index contributed by atoms with van der Waals surface area (Å²) in [5.41, 5.74) is 1.65. The van der Waals surface area contributed by atoms with Gasteiger partial charge in [-0.25, -0.2) is 8.78 Å². The lowest BCUT2D eigenvalue weighted by atomic mass is 9.74. The number of unbranched alkanes of at least 4 members (excludes halogenated alkanes) is 2. The normalized spacial score (nSPS) is 21.9. The van der Waals surface area contributed by atoms with Crippen LogP contribution in [-0.2, 0) is 14.3 Å². The van der Waals surface area contributed by atoms with Crippen LogP contribution >= 0.6 is 0 Å². The molecule has 0 aromatic carbocycles. The fourth-order valence-electron chi connectivity index (χ4n) is 8.24. The van der Waals surface area contributed by atoms with Gasteiger partial charge in [-0.05, 0) is 96.0 Å². The van der Waals surface area contributed by atoms with Crippen molar-refractivity contribution in [1.29, 1.82) is 10.8 Å². The minimum atomic E-state index is -2.64. The van der Waals surface area contributed by atoms with Crippen LogP contribution in [0, 0.1) is 39.9 Å². The van der Waals surface area contributed by atoms with E-state index in [1.807, 2.05) is 59.7 Å². The minimum absolute atomic E-state index is 0.0756. The average Bonchev–Trinajstić information content (AvgIpc) is 3.70. The molecule has 6 unspecified atom stereocenters. The Labute approximate surface area is 365 Å². The number of hydrogen-bond donors (Lipinski definition) is 5. The number of amides is 2. The second-order valence-corrected chi connectivity index (χ2v) is 18.2. The van der Waals surface area contributed by atoms with Crippen molar-refractivity contribution in [1.82, 2.24) is 25.8 Å². The number of carbonyl (C=O) groups is 2. The van der Waals surface area contributed by atoms with Crippen molar-refractivity contribution in [2.75, 3.05) is 40.9 Å². The Morgan fingerprint density at radius 3 is 2.12 bits per heavy atom. The van der Waals surface area contributed by atoms with Crippen molar-refractivity contribution in [2.24, 2.45) is 29.1 Å². The molecule has 5 N–H and O–H groups in total. The molecule has 1 aliphatic heterocycles. The molecule has 1 spiro atoms. The van der Waals surface area contributed by atoms with Crippen molar-refractivity contribution < 1.29 is 23.1 Å². The molecule has 1 heterocycles. The molecule has 348 valence electrons. The third-order valence-corrected chi connectivity index (χ3v) is 11.9. The number of nitrogens with zero attached hydrogens (tertiary/aromatic N) is 2. The van der Waals surface area contributed by atoms with Gasteiger partial charge in [0.1, 0.15) is 6.17 Å². The third-order valence-electron chi connectivity index (χ3n) is 11.9. The second-order valence-electron chi connectivity index (χ2n) is 18.2. The van der Waals surface area contributed by atoms with Gasteiger partial charge in [0.15, 0.2) is 0 Å². The number of piperidine rings is 1. The molecule has 2 saturated carbocycles. The zero-order valence-electron chi connectivity index (χ0n) is 40.7. The van der Waals surface area contributed by atoms with Crippen LogP contribution in [0.2, 0.25) is 0 Å². The quantitative estimate of drug-likeness (QED) is 0.0359. The largest absolute Gasteiger partial charge is 0.388 e. The van der Waals surface area contributed by atoms with Crippen LogP contribution in [0.1, 0.15) is 160 Å². The molecule has 2 amide bonds. The Kier molecular flexibility index (Phi) is 27.0. The summed E-state index contributed by atoms with van der Waals surface area (Å²) >= 11 is 0. The highest BCUT2D eigenvalue weighted by Crippen LogP contribution is 2.68. The van der Waals surface area contributed by atoms with E-state index in [9.17, 15) is 18.4 Å². The van der Waals surface area contributed by atoms with E-state index in [-0.39, 0.29) is 36.0 Å². The summed E-state index contributed by atoms with van der Waals surface area (Å²) in [6.07, 6.45) is 11.4. The summed E-state index contributed by atoms with van der Waals surface area (Å²) in [4.78, 5) is 28.4. The fourth-order valence-corrected chi connectivity index (χ4v) is 8.24. The van der Waals surface area contributed by atoms with Gasteiger partial charge in [0.05, 0.1) is 17.4 Å². The molecule has 3 fully saturated rings. The maximum atomic E-state index is 14.5. The lowest BCUT2D eigenvalue weighted by Gasteiger charge is -2.40. The van der Waals surface area contributed by atoms with Crippen LogP contribution in [-0.4, -0.2) is 92.1 Å². The zero-order chi connectivity index (χ0) is 46.4. The highest BCUT2D eigenvalue weighted by molar-refractivity contribution is 6.20. The van der Waals surface area contributed by atoms with E-state index >= 15 is 0 Å². The molecule has 0 aromatic rings. The first-order valence-corrected chi connectivity index (χ1v) is 22.8. The maximum absolute atomic E-state index is 14.5. The maximum Gasteiger partial charge on any atom is 0.254 e. The van der Waals surface area contributed by atoms with Gasteiger partial charge >= 0.3 is 0 Å². The van der Waals surface area contributed by atoms with Crippen molar-refractivity contribution in [3.63, 3.8) is 0 Å². The fraction of sp³-hybridized carbons (Fsp3) is 0.792. The van der Waals surface area contributed by atoms with Crippen molar-refractivity contribution in [2.45, 2.75) is 178 Å². The summed E-state index contributed by atoms with van der Waals surface area (Å²) in [6, 6.07) is -0.469. The van der Waals surface area contributed by atoms with Gasteiger partial charge in [0, 0.05) is 76.8 Å². The number of ether oxygens (including phenoxy) is 1. The van der Waals surface area contributed by atoms with Crippen LogP contribution in [0.15, 0.2) is 35.3 Å². The van der Waals surface area contributed by atoms with Gasteiger partial charge in [-0.2, -0.15) is 0 Å². The molecule has 6 atom stereocenters. The standard InChI is InChI=1S/C38H66F2N6O.C6H11NO.C2H6O.C2H6/c1-12-27(6)23-46(20-15-13-14-17-25(2)3)36(30(9)42)45(11)31(10)43-22-28(7)34(44-35(47)33(26(4)5)29(8)41)32-18-16-19-37(21-32)24-38(37,39)40;1-5-2-3-6(8)7-4-5;1-3-2;1-2/h22,25,27,32,34,36,41-43H,10,12-21,23-24H2,1-9,11H3,(H,44,47);5H,2-4H2,1H3,(H,7,8);1-2H3;1-2H3/b28-22+,41-29?,42-30?;;;. The summed E-state index contributed by atoms with van der Waals surface area (Å²) < 4.78 is 33.3. The van der Waals surface area contributed by atoms with Crippen LogP contribution in [0.25, 0.3) is 0 Å². The number of halogens is 2. The molecule has 0 bridgehead atoms. The summed E-state index contributed by atoms with van der Waals surface area (Å²) in [6.45, 7) is 31.1. The summed E-state index contributed by atoms with van der Waals surface area (Å²) in [5.74, 6) is -0.420. The third kappa shape index (κ3) is 19.3. The Morgan fingerprint density at radius 2 is 1.67 bits per heavy atom. The molecule has 3 rings (SSSR count). The number of carbonyl (C=O) groups excluding carboxylic acids is 2. The van der Waals surface area contributed by atoms with E-state index in [0.29, 0.717) is 54.1 Å². The molecule has 0 radical (unpaired) electrons. The van der Waals surface area contributed by atoms with E-state index in [4.69, 9.17) is 10.8 Å². The van der Waals surface area contributed by atoms with Crippen LogP contribution < -0.4 is 16.0 Å². The number of alkyl halides is 2. The Hall–Kier alpha value is -3.12. The highest BCUT2D eigenvalue weighted by Gasteiger charge is 2.71. The van der Waals surface area contributed by atoms with Gasteiger partial charge < -0.3 is 36.4 Å². The topological polar surface area (TPSA) is 134 Å². The van der Waals surface area contributed by atoms with E-state index < -0.39 is 17.4 Å². The zero-order valence-corrected chi connectivity index (χ0v) is 40.7. The number of allylic oxidation sites excluding steroid dienone is 1. The SMILES string of the molecule is C=C(N/C=C(\C)C(NC(=O)C(C(C)=N)=C(C)C)C1CCCC2(C1)CC2(F)F)N(C)C(C(C)=N)N(CCCCCC(C)C)CC(C)CC.CC.CC1CCC(=O)NC1.COC. The second kappa shape index (κ2) is 28.5. The molecule has 3 aliphatic rings. The Bertz CT molecular complexity index is 1400. The van der Waals surface area contributed by atoms with Crippen molar-refractivity contribution in [3.05, 3.63) is 35.3 Å². The number of hydrogen-bond acceptors (Lipinski definition) is 8. The highest BCUT2D eigenvalue weighted by atomic mass is 19.3. The molecule has 1 saturated heterocycles. The number of rotatable bonds is 20. The van der Waals surface area contributed by atoms with E-state index in [1.54, 1.807) is 21.1 Å². The molecular formula is C48H89F2N7O3. The van der Waals surface area contributed by atoms with Crippen LogP contribution in [0.5, 0.6) is 0 Å². The average molecular weight is 850 g/mol. The molecular weight excluding hydrogens is 761 g/mol. The van der Waals surface area contributed by atoms with Crippen molar-refractivity contribution in [3.8, 4) is 0 Å². The lowest BCUT2D eigenvalue weighted by molar-refractivity contribution is -0.122. The molecule has 0 aromatic heterocycles. The number of methoxy groups -OCH3 is 1. The first-order chi connectivity index (χ1) is 28.1. The van der Waals surface area contributed by atoms with E-state index in [0.717, 1.165) is 69.3 Å². The summed E-state index contributed by atoms with van der Waals surface area (Å²) in [7, 11) is 5.21. The van der Waals surface area contributed by atoms with Gasteiger partial charge in [-0.1, -0.05) is 92.7 Å². The van der Waals surface area contributed by atoms with Crippen LogP contribution in [0.4, 0.5) is 8.78 Å². The first kappa shape index (κ1) is 56.9. The smallest absolute Gasteiger partial charge is 0.254 e. The predicted octanol–water partition coefficient (Wildman–Crippen LogP) is 10.7. The van der Waals surface area contributed by atoms with Gasteiger partial charge in [0.25, 0.3) is 11.8 Å². The van der Waals surface area contributed by atoms with E-state index in [2.05, 4.69) is 66.8 Å². The van der Waals surface area contributed by atoms with Gasteiger partial charge in [-0.15, -0.1) is 0 Å². The molecule has 2 aliphatic carbocycles. The van der Waals surface area contributed by atoms with Gasteiger partial charge in [0.2, 0.25) is 5.91 Å².